The van der Waals surface area contributed by atoms with Crippen molar-refractivity contribution in [3.8, 4) is 22.8 Å². The molecule has 3 aliphatic rings. The summed E-state index contributed by atoms with van der Waals surface area (Å²) in [5.74, 6) is -3.36. The van der Waals surface area contributed by atoms with E-state index in [-0.39, 0.29) is 56.9 Å². The maximum absolute atomic E-state index is 14.5. The Labute approximate surface area is 369 Å². The van der Waals surface area contributed by atoms with E-state index in [0.717, 1.165) is 0 Å². The van der Waals surface area contributed by atoms with Crippen molar-refractivity contribution in [1.82, 2.24) is 10.1 Å². The minimum Gasteiger partial charge on any atom is -0.493 e. The number of amides is 1. The number of benzene rings is 1. The number of hydrogen-bond acceptors (Lipinski definition) is 17. The van der Waals surface area contributed by atoms with E-state index in [1.54, 1.807) is 46.1 Å². The molecule has 0 saturated carbocycles. The second kappa shape index (κ2) is 21.1. The standard InChI is InChI=1S/C45H66N4O14/c1-13-36-45(8,54)37-19-32(46-28(6)50)24(2)20-44(7,41(26(4)38(51)27(5)42(53)61-36)62-43-39(52)34(49(9)10)17-25(3)60-43)58-22-29(21-57-37)47-59-23-30-18-33(48-63-30)31-15-14-16-35(55-11)40(31)56-12/h14-16,18,24-27,34,36-37,39,41,43,52,54H,13,17,19-23H2,1-12H3/b46-32?,47-29-/t24-,25-,26+,27-,34+,36+,37+,39-,41-,43+,44-,45-/m1/s1. The molecule has 3 fully saturated rings. The molecule has 1 amide bonds. The highest BCUT2D eigenvalue weighted by Crippen LogP contribution is 2.40. The van der Waals surface area contributed by atoms with Crippen LogP contribution in [0.25, 0.3) is 11.3 Å². The van der Waals surface area contributed by atoms with Crippen LogP contribution in [0.4, 0.5) is 0 Å². The van der Waals surface area contributed by atoms with Crippen molar-refractivity contribution in [2.45, 2.75) is 142 Å². The fourth-order valence-electron chi connectivity index (χ4n) is 8.80. The van der Waals surface area contributed by atoms with Gasteiger partial charge in [0.1, 0.15) is 35.1 Å². The van der Waals surface area contributed by atoms with Gasteiger partial charge >= 0.3 is 5.97 Å². The molecule has 18 nitrogen and oxygen atoms in total. The SMILES string of the molecule is CC[C@@H]1OC(=O)[C@H](C)C(=O)[C@H](C)[C@@H](O[C@@H]2O[C@H](C)C[C@H](N(C)C)[C@H]2O)[C@@]2(C)C[C@@H](C)C(=NC(C)=O)C[C@H](OC/C(=N/OCc3cc(-c4cccc(OC)c4OC)no3)CO2)[C@]1(C)O. The van der Waals surface area contributed by atoms with Gasteiger partial charge in [0.2, 0.25) is 5.91 Å². The number of likely N-dealkylation sites (N-methyl/N-ethyl adjacent to an activating group) is 1. The number of aliphatic imine (C=N–C) groups is 1. The van der Waals surface area contributed by atoms with Crippen LogP contribution in [-0.2, 0) is 49.5 Å². The molecule has 0 radical (unpaired) electrons. The van der Waals surface area contributed by atoms with Gasteiger partial charge in [-0.3, -0.25) is 14.4 Å². The molecule has 0 aliphatic carbocycles. The number of aliphatic hydroxyl groups excluding tert-OH is 1. The van der Waals surface area contributed by atoms with Gasteiger partial charge in [-0.05, 0) is 79.1 Å². The van der Waals surface area contributed by atoms with Crippen LogP contribution in [0.15, 0.2) is 38.9 Å². The first-order valence-corrected chi connectivity index (χ1v) is 21.5. The average molecular weight is 887 g/mol. The van der Waals surface area contributed by atoms with E-state index >= 15 is 0 Å². The fraction of sp³-hybridized carbons (Fsp3) is 0.689. The molecule has 350 valence electrons. The Morgan fingerprint density at radius 3 is 2.46 bits per heavy atom. The summed E-state index contributed by atoms with van der Waals surface area (Å²) < 4.78 is 48.9. The Bertz CT molecular complexity index is 1970. The number of aromatic nitrogens is 1. The molecule has 3 aliphatic heterocycles. The van der Waals surface area contributed by atoms with Crippen LogP contribution in [-0.4, -0.2) is 145 Å². The van der Waals surface area contributed by atoms with E-state index in [1.165, 1.54) is 27.9 Å². The van der Waals surface area contributed by atoms with Gasteiger partial charge in [-0.15, -0.1) is 0 Å². The Hall–Kier alpha value is -4.30. The zero-order chi connectivity index (χ0) is 46.4. The zero-order valence-electron chi connectivity index (χ0n) is 38.6. The molecule has 5 rings (SSSR count). The summed E-state index contributed by atoms with van der Waals surface area (Å²) in [4.78, 5) is 53.2. The molecular weight excluding hydrogens is 821 g/mol. The number of nitrogens with zero attached hydrogens (tertiary/aromatic N) is 4. The molecule has 4 heterocycles. The predicted octanol–water partition coefficient (Wildman–Crippen LogP) is 4.55. The van der Waals surface area contributed by atoms with Gasteiger partial charge in [0, 0.05) is 42.6 Å². The third-order valence-electron chi connectivity index (χ3n) is 12.4. The van der Waals surface area contributed by atoms with Crippen LogP contribution >= 0.6 is 0 Å². The highest BCUT2D eigenvalue weighted by atomic mass is 16.7. The van der Waals surface area contributed by atoms with E-state index in [2.05, 4.69) is 15.3 Å². The molecule has 2 bridgehead atoms. The number of ether oxygens (including phenoxy) is 7. The number of rotatable bonds is 10. The highest BCUT2D eigenvalue weighted by Gasteiger charge is 2.52. The van der Waals surface area contributed by atoms with Gasteiger partial charge in [-0.25, -0.2) is 4.99 Å². The van der Waals surface area contributed by atoms with Crippen LogP contribution in [0.1, 0.15) is 86.8 Å². The monoisotopic (exact) mass is 886 g/mol. The van der Waals surface area contributed by atoms with Crippen LogP contribution in [0.2, 0.25) is 0 Å². The molecule has 63 heavy (non-hydrogen) atoms. The minimum absolute atomic E-state index is 0.0529. The molecule has 12 atom stereocenters. The number of ketones is 1. The summed E-state index contributed by atoms with van der Waals surface area (Å²) in [5.41, 5.74) is -1.56. The van der Waals surface area contributed by atoms with Gasteiger partial charge in [0.15, 0.2) is 35.9 Å². The number of cyclic esters (lactones) is 1. The molecule has 0 spiro atoms. The summed E-state index contributed by atoms with van der Waals surface area (Å²) in [5, 5.41) is 32.6. The number of carbonyl (C=O) groups excluding carboxylic acids is 3. The van der Waals surface area contributed by atoms with E-state index in [9.17, 15) is 24.6 Å². The molecule has 0 unspecified atom stereocenters. The Morgan fingerprint density at radius 2 is 1.81 bits per heavy atom. The first-order valence-electron chi connectivity index (χ1n) is 21.5. The number of methoxy groups -OCH3 is 2. The number of Topliss-reactive ketones (excluding diaryl/α,β-unsaturated/α-hetero) is 1. The largest absolute Gasteiger partial charge is 0.493 e. The van der Waals surface area contributed by atoms with Crippen LogP contribution in [0.3, 0.4) is 0 Å². The van der Waals surface area contributed by atoms with Crippen molar-refractivity contribution >= 4 is 29.1 Å². The van der Waals surface area contributed by atoms with Crippen molar-refractivity contribution in [2.75, 3.05) is 41.5 Å². The van der Waals surface area contributed by atoms with Crippen molar-refractivity contribution < 1.29 is 67.1 Å². The lowest BCUT2D eigenvalue weighted by Gasteiger charge is -2.47. The van der Waals surface area contributed by atoms with Gasteiger partial charge in [-0.2, -0.15) is 0 Å². The molecule has 2 aromatic rings. The van der Waals surface area contributed by atoms with Crippen LogP contribution in [0, 0.1) is 17.8 Å². The summed E-state index contributed by atoms with van der Waals surface area (Å²) in [6.45, 7) is 12.5. The Kier molecular flexibility index (Phi) is 16.7. The maximum atomic E-state index is 14.5. The van der Waals surface area contributed by atoms with Gasteiger partial charge in [-0.1, -0.05) is 37.1 Å². The number of aliphatic hydroxyl groups is 2. The van der Waals surface area contributed by atoms with E-state index in [0.29, 0.717) is 40.6 Å². The third-order valence-corrected chi connectivity index (χ3v) is 12.4. The highest BCUT2D eigenvalue weighted by molar-refractivity contribution is 6.00. The summed E-state index contributed by atoms with van der Waals surface area (Å²) in [7, 11) is 6.78. The number of fused-ring (bicyclic) bond motifs is 5. The molecule has 18 heteroatoms. The molecule has 1 aromatic heterocycles. The van der Waals surface area contributed by atoms with E-state index in [4.69, 9.17) is 42.5 Å². The minimum atomic E-state index is -1.86. The van der Waals surface area contributed by atoms with E-state index < -0.39 is 77.3 Å². The second-order valence-corrected chi connectivity index (χ2v) is 17.6. The Balaban J connectivity index is 1.60. The first-order chi connectivity index (χ1) is 29.7. The first kappa shape index (κ1) is 49.7. The predicted molar refractivity (Wildman–Crippen MR) is 229 cm³/mol. The topological polar surface area (TPSA) is 219 Å². The quantitative estimate of drug-likeness (QED) is 0.190. The average Bonchev–Trinajstić information content (AvgIpc) is 3.71. The molecular formula is C45H66N4O14. The Morgan fingerprint density at radius 1 is 1.08 bits per heavy atom. The van der Waals surface area contributed by atoms with Gasteiger partial charge in [0.25, 0.3) is 0 Å². The van der Waals surface area contributed by atoms with Gasteiger partial charge < -0.3 is 57.6 Å². The summed E-state index contributed by atoms with van der Waals surface area (Å²) in [6, 6.07) is 6.73. The van der Waals surface area contributed by atoms with Crippen molar-refractivity contribution in [3.63, 3.8) is 0 Å². The number of hydrogen-bond donors (Lipinski definition) is 2. The molecule has 3 saturated heterocycles. The van der Waals surface area contributed by atoms with Crippen LogP contribution < -0.4 is 9.47 Å². The number of carbonyl (C=O) groups is 3. The summed E-state index contributed by atoms with van der Waals surface area (Å²) in [6.07, 6.45) is -5.32. The smallest absolute Gasteiger partial charge is 0.316 e. The van der Waals surface area contributed by atoms with Crippen LogP contribution in [0.5, 0.6) is 11.5 Å². The van der Waals surface area contributed by atoms with Crippen molar-refractivity contribution in [1.29, 1.82) is 0 Å². The van der Waals surface area contributed by atoms with Crippen molar-refractivity contribution in [2.24, 2.45) is 27.9 Å². The molecule has 2 N–H and O–H groups in total. The normalized spacial score (nSPS) is 35.1. The van der Waals surface area contributed by atoms with Gasteiger partial charge in [0.05, 0.1) is 51.3 Å². The lowest BCUT2D eigenvalue weighted by molar-refractivity contribution is -0.296. The third kappa shape index (κ3) is 11.5. The number of oxime groups is 1. The summed E-state index contributed by atoms with van der Waals surface area (Å²) >= 11 is 0. The van der Waals surface area contributed by atoms with Crippen molar-refractivity contribution in [3.05, 3.63) is 30.0 Å². The van der Waals surface area contributed by atoms with E-state index in [1.807, 2.05) is 38.9 Å². The lowest BCUT2D eigenvalue weighted by atomic mass is 9.76. The maximum Gasteiger partial charge on any atom is 0.316 e. The number of para-hydroxylation sites is 1. The zero-order valence-corrected chi connectivity index (χ0v) is 38.6. The second-order valence-electron chi connectivity index (χ2n) is 17.6. The molecule has 1 aromatic carbocycles. The number of esters is 1. The lowest BCUT2D eigenvalue weighted by Crippen LogP contribution is -2.59. The fourth-order valence-corrected chi connectivity index (χ4v) is 8.80.